The minimum absolute atomic E-state index is 0.121. The SMILES string of the molecule is CCCCCCN1C(=O)NC(=O)[C@]2(Cc3c(nc4c(C)cccn4c3=O)N3CCc4ccccc4[C@@H]32)C1=O. The quantitative estimate of drug-likeness (QED) is 0.415. The maximum absolute atomic E-state index is 14.4. The fourth-order valence-corrected chi connectivity index (χ4v) is 6.42. The van der Waals surface area contributed by atoms with Crippen LogP contribution in [-0.2, 0) is 22.4 Å². The van der Waals surface area contributed by atoms with E-state index in [0.717, 1.165) is 36.0 Å². The van der Waals surface area contributed by atoms with Gasteiger partial charge in [-0.3, -0.25) is 29.0 Å². The van der Waals surface area contributed by atoms with E-state index in [4.69, 9.17) is 4.98 Å². The Morgan fingerprint density at radius 3 is 2.68 bits per heavy atom. The molecule has 0 saturated carbocycles. The number of barbiturate groups is 1. The van der Waals surface area contributed by atoms with Crippen molar-refractivity contribution in [1.29, 1.82) is 0 Å². The van der Waals surface area contributed by atoms with Crippen molar-refractivity contribution < 1.29 is 14.4 Å². The van der Waals surface area contributed by atoms with Gasteiger partial charge < -0.3 is 4.90 Å². The third-order valence-electron chi connectivity index (χ3n) is 8.33. The number of benzene rings is 1. The normalized spacial score (nSPS) is 22.4. The molecule has 3 aromatic rings. The summed E-state index contributed by atoms with van der Waals surface area (Å²) in [6.07, 6.45) is 5.79. The lowest BCUT2D eigenvalue weighted by Gasteiger charge is -2.53. The molecule has 1 spiro atoms. The summed E-state index contributed by atoms with van der Waals surface area (Å²) in [7, 11) is 0. The number of imide groups is 2. The Kier molecular flexibility index (Phi) is 5.81. The van der Waals surface area contributed by atoms with Gasteiger partial charge in [-0.15, -0.1) is 0 Å². The molecule has 1 fully saturated rings. The molecule has 38 heavy (non-hydrogen) atoms. The van der Waals surface area contributed by atoms with Gasteiger partial charge in [-0.05, 0) is 42.5 Å². The summed E-state index contributed by atoms with van der Waals surface area (Å²) < 4.78 is 1.49. The van der Waals surface area contributed by atoms with Gasteiger partial charge in [0.15, 0.2) is 5.41 Å². The van der Waals surface area contributed by atoms with Crippen molar-refractivity contribution in [3.63, 3.8) is 0 Å². The van der Waals surface area contributed by atoms with Crippen LogP contribution >= 0.6 is 0 Å². The fraction of sp³-hybridized carbons (Fsp3) is 0.414. The number of nitrogens with zero attached hydrogens (tertiary/aromatic N) is 4. The van der Waals surface area contributed by atoms with Gasteiger partial charge in [-0.1, -0.05) is 56.5 Å². The summed E-state index contributed by atoms with van der Waals surface area (Å²) in [6.45, 7) is 4.73. The molecule has 0 unspecified atom stereocenters. The zero-order chi connectivity index (χ0) is 26.6. The molecule has 0 radical (unpaired) electrons. The first-order valence-corrected chi connectivity index (χ1v) is 13.4. The number of aromatic nitrogens is 2. The standard InChI is InChI=1S/C29H31N5O4/c1-3-4-5-8-14-34-27(37)29(26(36)31-28(34)38)17-21-24(30-23-18(2)10-9-15-33(23)25(21)35)32-16-13-19-11-6-7-12-20(19)22(29)32/h6-7,9-12,15,22H,3-5,8,13-14,16-17H2,1-2H3,(H,31,36,38)/t22-,29-/m1/s1. The van der Waals surface area contributed by atoms with E-state index >= 15 is 0 Å². The number of carbonyl (C=O) groups excluding carboxylic acids is 3. The molecule has 3 aliphatic heterocycles. The van der Waals surface area contributed by atoms with E-state index in [1.54, 1.807) is 12.3 Å². The smallest absolute Gasteiger partial charge is 0.330 e. The fourth-order valence-electron chi connectivity index (χ4n) is 6.42. The summed E-state index contributed by atoms with van der Waals surface area (Å²) >= 11 is 0. The highest BCUT2D eigenvalue weighted by Crippen LogP contribution is 2.52. The summed E-state index contributed by atoms with van der Waals surface area (Å²) in [5.41, 5.74) is 1.69. The van der Waals surface area contributed by atoms with E-state index in [9.17, 15) is 19.2 Å². The van der Waals surface area contributed by atoms with Gasteiger partial charge >= 0.3 is 6.03 Å². The Morgan fingerprint density at radius 1 is 1.05 bits per heavy atom. The van der Waals surface area contributed by atoms with Crippen LogP contribution in [0.4, 0.5) is 10.6 Å². The lowest BCUT2D eigenvalue weighted by molar-refractivity contribution is -0.154. The Morgan fingerprint density at radius 2 is 1.87 bits per heavy atom. The average Bonchev–Trinajstić information content (AvgIpc) is 2.92. The van der Waals surface area contributed by atoms with Crippen molar-refractivity contribution in [1.82, 2.24) is 19.6 Å². The number of anilines is 1. The first-order valence-electron chi connectivity index (χ1n) is 13.4. The third-order valence-corrected chi connectivity index (χ3v) is 8.33. The van der Waals surface area contributed by atoms with Crippen LogP contribution in [0.25, 0.3) is 5.65 Å². The van der Waals surface area contributed by atoms with E-state index in [1.807, 2.05) is 42.2 Å². The molecule has 2 atom stereocenters. The number of carbonyl (C=O) groups is 3. The number of hydrogen-bond donors (Lipinski definition) is 1. The highest BCUT2D eigenvalue weighted by molar-refractivity contribution is 6.20. The molecule has 0 bridgehead atoms. The molecule has 1 saturated heterocycles. The molecule has 4 amide bonds. The maximum atomic E-state index is 14.4. The molecule has 9 nitrogen and oxygen atoms in total. The van der Waals surface area contributed by atoms with E-state index < -0.39 is 29.3 Å². The summed E-state index contributed by atoms with van der Waals surface area (Å²) in [5, 5.41) is 2.49. The van der Waals surface area contributed by atoms with Gasteiger partial charge in [0.05, 0.1) is 11.6 Å². The lowest BCUT2D eigenvalue weighted by atomic mass is 9.65. The molecule has 196 valence electrons. The molecule has 1 N–H and O–H groups in total. The topological polar surface area (TPSA) is 104 Å². The van der Waals surface area contributed by atoms with E-state index in [2.05, 4.69) is 12.2 Å². The Hall–Kier alpha value is -4.01. The van der Waals surface area contributed by atoms with E-state index in [-0.39, 0.29) is 18.5 Å². The molecule has 0 aliphatic carbocycles. The van der Waals surface area contributed by atoms with Crippen molar-refractivity contribution in [2.24, 2.45) is 5.41 Å². The second-order valence-corrected chi connectivity index (χ2v) is 10.6. The van der Waals surface area contributed by atoms with Gasteiger partial charge in [-0.2, -0.15) is 0 Å². The average molecular weight is 514 g/mol. The number of aryl methyl sites for hydroxylation is 1. The number of rotatable bonds is 5. The third kappa shape index (κ3) is 3.40. The number of amides is 4. The van der Waals surface area contributed by atoms with Gasteiger partial charge in [0.1, 0.15) is 11.5 Å². The second-order valence-electron chi connectivity index (χ2n) is 10.6. The highest BCUT2D eigenvalue weighted by Gasteiger charge is 2.64. The second kappa shape index (κ2) is 9.08. The predicted molar refractivity (Wildman–Crippen MR) is 142 cm³/mol. The summed E-state index contributed by atoms with van der Waals surface area (Å²) in [5.74, 6) is -0.668. The van der Waals surface area contributed by atoms with Crippen LogP contribution in [0, 0.1) is 12.3 Å². The molecule has 6 rings (SSSR count). The van der Waals surface area contributed by atoms with Crippen molar-refractivity contribution in [2.75, 3.05) is 18.0 Å². The number of unbranched alkanes of at least 4 members (excludes halogenated alkanes) is 3. The van der Waals surface area contributed by atoms with Crippen molar-refractivity contribution in [3.05, 3.63) is 75.2 Å². The summed E-state index contributed by atoms with van der Waals surface area (Å²) in [4.78, 5) is 63.1. The van der Waals surface area contributed by atoms with Crippen molar-refractivity contribution in [3.8, 4) is 0 Å². The monoisotopic (exact) mass is 513 g/mol. The van der Waals surface area contributed by atoms with Gasteiger partial charge in [0.2, 0.25) is 11.8 Å². The summed E-state index contributed by atoms with van der Waals surface area (Å²) in [6, 6.07) is 10.1. The highest BCUT2D eigenvalue weighted by atomic mass is 16.2. The molecule has 2 aromatic heterocycles. The van der Waals surface area contributed by atoms with Crippen LogP contribution in [0.1, 0.15) is 60.9 Å². The largest absolute Gasteiger partial charge is 0.347 e. The molecule has 9 heteroatoms. The van der Waals surface area contributed by atoms with Gasteiger partial charge in [0, 0.05) is 25.7 Å². The molecular weight excluding hydrogens is 482 g/mol. The Labute approximate surface area is 220 Å². The number of fused-ring (bicyclic) bond motifs is 7. The molecular formula is C29H31N5O4. The number of urea groups is 1. The van der Waals surface area contributed by atoms with Crippen LogP contribution in [0.15, 0.2) is 47.4 Å². The van der Waals surface area contributed by atoms with Gasteiger partial charge in [-0.25, -0.2) is 9.78 Å². The number of pyridine rings is 1. The van der Waals surface area contributed by atoms with E-state index in [1.165, 1.54) is 9.30 Å². The maximum Gasteiger partial charge on any atom is 0.330 e. The van der Waals surface area contributed by atoms with E-state index in [0.29, 0.717) is 36.4 Å². The van der Waals surface area contributed by atoms with Crippen LogP contribution in [0.2, 0.25) is 0 Å². The zero-order valence-corrected chi connectivity index (χ0v) is 21.7. The van der Waals surface area contributed by atoms with Gasteiger partial charge in [0.25, 0.3) is 5.56 Å². The minimum atomic E-state index is -1.67. The predicted octanol–water partition coefficient (Wildman–Crippen LogP) is 3.31. The first-order chi connectivity index (χ1) is 18.4. The van der Waals surface area contributed by atoms with Crippen LogP contribution in [0.5, 0.6) is 0 Å². The van der Waals surface area contributed by atoms with Crippen LogP contribution in [-0.4, -0.2) is 45.2 Å². The Bertz CT molecular complexity index is 1550. The molecule has 5 heterocycles. The zero-order valence-electron chi connectivity index (χ0n) is 21.7. The van der Waals surface area contributed by atoms with Crippen LogP contribution < -0.4 is 15.8 Å². The number of hydrogen-bond acceptors (Lipinski definition) is 6. The van der Waals surface area contributed by atoms with Crippen molar-refractivity contribution in [2.45, 2.75) is 58.4 Å². The lowest BCUT2D eigenvalue weighted by Crippen LogP contribution is -2.70. The van der Waals surface area contributed by atoms with Crippen LogP contribution in [0.3, 0.4) is 0 Å². The molecule has 1 aromatic carbocycles. The Balaban J connectivity index is 1.57. The first kappa shape index (κ1) is 24.3. The molecule has 3 aliphatic rings. The number of nitrogens with one attached hydrogen (secondary N) is 1. The minimum Gasteiger partial charge on any atom is -0.347 e. The van der Waals surface area contributed by atoms with Crippen molar-refractivity contribution >= 4 is 29.3 Å².